The number of nitriles is 2. The van der Waals surface area contributed by atoms with Gasteiger partial charge in [-0.1, -0.05) is 0 Å². The molecule has 3 saturated heterocycles. The number of fused-ring (bicyclic) bond motifs is 1. The zero-order chi connectivity index (χ0) is 24.4. The van der Waals surface area contributed by atoms with Gasteiger partial charge in [-0.25, -0.2) is 10.9 Å². The highest BCUT2D eigenvalue weighted by Gasteiger charge is 2.42. The highest BCUT2D eigenvalue weighted by atomic mass is 16.2. The Balaban J connectivity index is 1.21. The molecule has 0 aromatic heterocycles. The quantitative estimate of drug-likeness (QED) is 0.505. The fraction of sp³-hybridized carbons (Fsp3) is 0.885. The van der Waals surface area contributed by atoms with Gasteiger partial charge in [-0.15, -0.1) is 0 Å². The lowest BCUT2D eigenvalue weighted by molar-refractivity contribution is -0.144. The number of nitrogens with zero attached hydrogens (tertiary/aromatic N) is 5. The van der Waals surface area contributed by atoms with Crippen LogP contribution < -0.4 is 16.2 Å². The van der Waals surface area contributed by atoms with Gasteiger partial charge in [0.15, 0.2) is 6.19 Å². The summed E-state index contributed by atoms with van der Waals surface area (Å²) in [7, 11) is 0. The minimum atomic E-state index is -0.154. The molecule has 35 heavy (non-hydrogen) atoms. The Morgan fingerprint density at radius 3 is 2.46 bits per heavy atom. The van der Waals surface area contributed by atoms with Crippen LogP contribution in [0.15, 0.2) is 0 Å². The molecule has 5 aliphatic rings. The Bertz CT molecular complexity index is 830. The molecule has 3 aliphatic heterocycles. The molecule has 0 spiro atoms. The van der Waals surface area contributed by atoms with E-state index in [1.807, 2.05) is 0 Å². The number of carbonyl (C=O) groups is 1. The second-order valence-corrected chi connectivity index (χ2v) is 11.6. The van der Waals surface area contributed by atoms with Gasteiger partial charge in [-0.3, -0.25) is 15.0 Å². The van der Waals surface area contributed by atoms with E-state index in [0.717, 1.165) is 52.0 Å². The van der Waals surface area contributed by atoms with Crippen molar-refractivity contribution < 1.29 is 4.79 Å². The van der Waals surface area contributed by atoms with Crippen molar-refractivity contribution in [3.05, 3.63) is 0 Å². The summed E-state index contributed by atoms with van der Waals surface area (Å²) in [6.07, 6.45) is 12.1. The largest absolute Gasteiger partial charge is 0.340 e. The summed E-state index contributed by atoms with van der Waals surface area (Å²) in [5.41, 5.74) is 6.79. The van der Waals surface area contributed by atoms with Gasteiger partial charge < -0.3 is 9.80 Å². The van der Waals surface area contributed by atoms with Crippen molar-refractivity contribution in [2.24, 2.45) is 29.6 Å². The molecule has 0 aromatic rings. The van der Waals surface area contributed by atoms with Gasteiger partial charge in [0.1, 0.15) is 6.04 Å². The van der Waals surface area contributed by atoms with Crippen molar-refractivity contribution in [2.75, 3.05) is 39.3 Å². The summed E-state index contributed by atoms with van der Waals surface area (Å²) >= 11 is 0. The number of carbonyl (C=O) groups excluding carboxylic acids is 1. The van der Waals surface area contributed by atoms with Gasteiger partial charge in [-0.2, -0.15) is 10.5 Å². The van der Waals surface area contributed by atoms with Crippen molar-refractivity contribution in [1.82, 2.24) is 30.9 Å². The fourth-order valence-electron chi connectivity index (χ4n) is 7.57. The Morgan fingerprint density at radius 1 is 0.971 bits per heavy atom. The van der Waals surface area contributed by atoms with Crippen LogP contribution >= 0.6 is 0 Å². The van der Waals surface area contributed by atoms with Crippen LogP contribution in [0.3, 0.4) is 0 Å². The van der Waals surface area contributed by atoms with Crippen LogP contribution in [0.1, 0.15) is 58.3 Å². The maximum Gasteiger partial charge on any atom is 0.241 e. The molecule has 9 nitrogen and oxygen atoms in total. The number of hydrogen-bond acceptors (Lipinski definition) is 8. The third-order valence-electron chi connectivity index (χ3n) is 9.66. The Morgan fingerprint density at radius 2 is 1.74 bits per heavy atom. The Kier molecular flexibility index (Phi) is 7.79. The molecule has 0 radical (unpaired) electrons. The minimum absolute atomic E-state index is 0.154. The molecule has 5 unspecified atom stereocenters. The zero-order valence-electron chi connectivity index (χ0n) is 21.2. The SMILES string of the molecule is CC1NNC(C2CCC(CCN3CCN4CCN(C#N)C[C@@H]4C3=O)C(C3CCC(C#N)CC3)C2)N1. The van der Waals surface area contributed by atoms with Crippen LogP contribution in [0, 0.1) is 52.4 Å². The summed E-state index contributed by atoms with van der Waals surface area (Å²) in [6, 6.07) is 2.35. The van der Waals surface area contributed by atoms with Gasteiger partial charge in [0.2, 0.25) is 5.91 Å². The minimum Gasteiger partial charge on any atom is -0.340 e. The van der Waals surface area contributed by atoms with Gasteiger partial charge in [0.05, 0.1) is 24.9 Å². The number of nitrogens with one attached hydrogen (secondary N) is 3. The van der Waals surface area contributed by atoms with E-state index in [0.29, 0.717) is 42.5 Å². The summed E-state index contributed by atoms with van der Waals surface area (Å²) in [5.74, 6) is 3.10. The molecule has 6 atom stereocenters. The summed E-state index contributed by atoms with van der Waals surface area (Å²) in [5, 5.41) is 22.3. The summed E-state index contributed by atoms with van der Waals surface area (Å²) in [6.45, 7) is 6.81. The van der Waals surface area contributed by atoms with Crippen LogP contribution in [-0.2, 0) is 4.79 Å². The monoisotopic (exact) mass is 482 g/mol. The number of amides is 1. The second kappa shape index (κ2) is 11.0. The van der Waals surface area contributed by atoms with E-state index in [9.17, 15) is 15.3 Å². The lowest BCUT2D eigenvalue weighted by Crippen LogP contribution is -2.64. The maximum atomic E-state index is 13.3. The molecular formula is C26H42N8O. The lowest BCUT2D eigenvalue weighted by Gasteiger charge is -2.47. The van der Waals surface area contributed by atoms with Gasteiger partial charge >= 0.3 is 0 Å². The van der Waals surface area contributed by atoms with Crippen LogP contribution in [0.25, 0.3) is 0 Å². The topological polar surface area (TPSA) is 110 Å². The average molecular weight is 483 g/mol. The number of rotatable bonds is 5. The number of piperazine rings is 2. The average Bonchev–Trinajstić information content (AvgIpc) is 3.34. The van der Waals surface area contributed by atoms with E-state index in [2.05, 4.69) is 45.2 Å². The van der Waals surface area contributed by atoms with Crippen LogP contribution in [0.5, 0.6) is 0 Å². The van der Waals surface area contributed by atoms with E-state index < -0.39 is 0 Å². The first kappa shape index (κ1) is 24.8. The maximum absolute atomic E-state index is 13.3. The van der Waals surface area contributed by atoms with E-state index in [1.165, 1.54) is 32.1 Å². The Labute approximate surface area is 210 Å². The smallest absolute Gasteiger partial charge is 0.241 e. The molecule has 3 heterocycles. The van der Waals surface area contributed by atoms with E-state index >= 15 is 0 Å². The van der Waals surface area contributed by atoms with Gasteiger partial charge in [-0.05, 0) is 82.0 Å². The molecule has 3 N–H and O–H groups in total. The van der Waals surface area contributed by atoms with E-state index in [4.69, 9.17) is 0 Å². The van der Waals surface area contributed by atoms with E-state index in [-0.39, 0.29) is 17.9 Å². The first-order valence-corrected chi connectivity index (χ1v) is 13.9. The normalized spacial score (nSPS) is 40.7. The van der Waals surface area contributed by atoms with Crippen molar-refractivity contribution in [1.29, 1.82) is 10.5 Å². The molecule has 5 fully saturated rings. The molecule has 9 heteroatoms. The molecule has 2 aliphatic carbocycles. The zero-order valence-corrected chi connectivity index (χ0v) is 21.2. The lowest BCUT2D eigenvalue weighted by atomic mass is 9.63. The number of hydrogen-bond donors (Lipinski definition) is 3. The molecule has 0 aromatic carbocycles. The second-order valence-electron chi connectivity index (χ2n) is 11.6. The van der Waals surface area contributed by atoms with Gasteiger partial charge in [0, 0.05) is 38.6 Å². The summed E-state index contributed by atoms with van der Waals surface area (Å²) in [4.78, 5) is 19.4. The third kappa shape index (κ3) is 5.44. The molecule has 1 amide bonds. The molecule has 5 rings (SSSR count). The predicted octanol–water partition coefficient (Wildman–Crippen LogP) is 1.42. The van der Waals surface area contributed by atoms with Crippen LogP contribution in [0.4, 0.5) is 0 Å². The first-order chi connectivity index (χ1) is 17.1. The third-order valence-corrected chi connectivity index (χ3v) is 9.66. The van der Waals surface area contributed by atoms with Crippen LogP contribution in [0.2, 0.25) is 0 Å². The van der Waals surface area contributed by atoms with Gasteiger partial charge in [0.25, 0.3) is 0 Å². The van der Waals surface area contributed by atoms with Crippen molar-refractivity contribution in [3.8, 4) is 12.3 Å². The standard InChI is InChI=1S/C26H42N8O/c1-18-29-25(31-30-18)22-7-6-21(23(14-22)20-4-2-19(15-27)3-5-20)8-9-34-13-12-33-11-10-32(17-28)16-24(33)26(34)35/h18-25,29-31H,2-14,16H2,1H3/t18?,19?,20?,21?,22?,23?,24-,25?/m1/s1. The molecular weight excluding hydrogens is 440 g/mol. The molecule has 192 valence electrons. The first-order valence-electron chi connectivity index (χ1n) is 13.9. The predicted molar refractivity (Wildman–Crippen MR) is 132 cm³/mol. The molecule has 2 saturated carbocycles. The molecule has 0 bridgehead atoms. The van der Waals surface area contributed by atoms with Crippen molar-refractivity contribution in [2.45, 2.75) is 76.7 Å². The summed E-state index contributed by atoms with van der Waals surface area (Å²) < 4.78 is 0. The van der Waals surface area contributed by atoms with E-state index in [1.54, 1.807) is 4.90 Å². The Hall–Kier alpha value is -1.91. The van der Waals surface area contributed by atoms with Crippen molar-refractivity contribution >= 4 is 5.91 Å². The highest BCUT2D eigenvalue weighted by Crippen LogP contribution is 2.46. The number of hydrazine groups is 1. The van der Waals surface area contributed by atoms with Crippen molar-refractivity contribution in [3.63, 3.8) is 0 Å². The fourth-order valence-corrected chi connectivity index (χ4v) is 7.57. The van der Waals surface area contributed by atoms with Crippen LogP contribution in [-0.4, -0.2) is 78.2 Å². The highest BCUT2D eigenvalue weighted by molar-refractivity contribution is 5.83.